The second-order valence-electron chi connectivity index (χ2n) is 1.41. The molecule has 0 aliphatic carbocycles. The summed E-state index contributed by atoms with van der Waals surface area (Å²) in [5.41, 5.74) is 0. The number of hydrogen-bond acceptors (Lipinski definition) is 2. The van der Waals surface area contributed by atoms with Crippen LogP contribution in [0.3, 0.4) is 0 Å². The molecule has 0 bridgehead atoms. The molecule has 8 heavy (non-hydrogen) atoms. The molecule has 0 saturated carbocycles. The normalized spacial score (nSPS) is 13.5. The summed E-state index contributed by atoms with van der Waals surface area (Å²) >= 11 is 6.24. The molecule has 0 aromatic heterocycles. The monoisotopic (exact) mass is 244 g/mol. The SMILES string of the molecule is OB(O)C(Br)CCBr. The number of alkyl halides is 2. The van der Waals surface area contributed by atoms with Gasteiger partial charge in [0.05, 0.1) is 4.73 Å². The second kappa shape index (κ2) is 4.79. The third-order valence-corrected chi connectivity index (χ3v) is 2.10. The van der Waals surface area contributed by atoms with Crippen LogP contribution in [0.15, 0.2) is 0 Å². The average Bonchev–Trinajstić information content (AvgIpc) is 1.67. The van der Waals surface area contributed by atoms with Crippen LogP contribution in [0.5, 0.6) is 0 Å². The van der Waals surface area contributed by atoms with Crippen LogP contribution in [0.4, 0.5) is 0 Å². The third kappa shape index (κ3) is 3.89. The van der Waals surface area contributed by atoms with Gasteiger partial charge in [-0.15, -0.1) is 0 Å². The molecule has 1 atom stereocenters. The first kappa shape index (κ1) is 8.94. The van der Waals surface area contributed by atoms with Crippen LogP contribution in [-0.4, -0.2) is 27.2 Å². The Bertz CT molecular complexity index is 61.2. The molecule has 0 fully saturated rings. The van der Waals surface area contributed by atoms with Crippen molar-refractivity contribution < 1.29 is 10.0 Å². The van der Waals surface area contributed by atoms with Crippen molar-refractivity contribution in [2.75, 3.05) is 5.33 Å². The molecular weight excluding hydrogens is 239 g/mol. The summed E-state index contributed by atoms with van der Waals surface area (Å²) in [7, 11) is -1.24. The quantitative estimate of drug-likeness (QED) is 0.563. The van der Waals surface area contributed by atoms with E-state index in [0.29, 0.717) is 0 Å². The minimum absolute atomic E-state index is 0.207. The molecule has 5 heteroatoms. The molecule has 0 aliphatic rings. The first-order valence-corrected chi connectivity index (χ1v) is 4.28. The summed E-state index contributed by atoms with van der Waals surface area (Å²) in [6.07, 6.45) is 0.720. The van der Waals surface area contributed by atoms with E-state index in [0.717, 1.165) is 11.8 Å². The maximum atomic E-state index is 8.44. The number of hydrogen-bond donors (Lipinski definition) is 2. The molecule has 1 unspecified atom stereocenters. The Kier molecular flexibility index (Phi) is 5.36. The van der Waals surface area contributed by atoms with Crippen LogP contribution in [0.25, 0.3) is 0 Å². The topological polar surface area (TPSA) is 40.5 Å². The first-order chi connectivity index (χ1) is 3.68. The molecule has 0 aliphatic heterocycles. The van der Waals surface area contributed by atoms with E-state index in [2.05, 4.69) is 31.9 Å². The van der Waals surface area contributed by atoms with E-state index in [-0.39, 0.29) is 4.73 Å². The maximum Gasteiger partial charge on any atom is 0.466 e. The van der Waals surface area contributed by atoms with E-state index in [1.807, 2.05) is 0 Å². The van der Waals surface area contributed by atoms with Gasteiger partial charge in [0.1, 0.15) is 0 Å². The smallest absolute Gasteiger partial charge is 0.426 e. The van der Waals surface area contributed by atoms with Gasteiger partial charge < -0.3 is 10.0 Å². The van der Waals surface area contributed by atoms with Gasteiger partial charge in [0.15, 0.2) is 0 Å². The van der Waals surface area contributed by atoms with Crippen molar-refractivity contribution >= 4 is 39.0 Å². The fourth-order valence-corrected chi connectivity index (χ4v) is 1.59. The summed E-state index contributed by atoms with van der Waals surface area (Å²) in [5.74, 6) is 0. The van der Waals surface area contributed by atoms with E-state index in [1.165, 1.54) is 0 Å². The molecule has 2 N–H and O–H groups in total. The fourth-order valence-electron chi connectivity index (χ4n) is 0.253. The maximum absolute atomic E-state index is 8.44. The molecule has 48 valence electrons. The highest BCUT2D eigenvalue weighted by Gasteiger charge is 2.18. The number of rotatable bonds is 3. The van der Waals surface area contributed by atoms with Crippen molar-refractivity contribution in [1.82, 2.24) is 0 Å². The lowest BCUT2D eigenvalue weighted by Gasteiger charge is -2.02. The molecule has 0 aromatic rings. The van der Waals surface area contributed by atoms with Crippen LogP contribution in [0.2, 0.25) is 0 Å². The van der Waals surface area contributed by atoms with Crippen LogP contribution in [0.1, 0.15) is 6.42 Å². The molecule has 2 nitrogen and oxygen atoms in total. The Hall–Kier alpha value is 0.945. The van der Waals surface area contributed by atoms with E-state index >= 15 is 0 Å². The predicted octanol–water partition coefficient (Wildman–Crippen LogP) is 0.547. The summed E-state index contributed by atoms with van der Waals surface area (Å²) in [5, 5.41) is 17.7. The van der Waals surface area contributed by atoms with Gasteiger partial charge in [0.25, 0.3) is 0 Å². The summed E-state index contributed by atoms with van der Waals surface area (Å²) in [4.78, 5) is 0. The third-order valence-electron chi connectivity index (χ3n) is 0.708. The van der Waals surface area contributed by atoms with Gasteiger partial charge in [-0.25, -0.2) is 0 Å². The van der Waals surface area contributed by atoms with Gasteiger partial charge >= 0.3 is 7.12 Å². The Labute approximate surface area is 65.7 Å². The molecular formula is C3H7BBr2O2. The van der Waals surface area contributed by atoms with E-state index in [1.54, 1.807) is 0 Å². The van der Waals surface area contributed by atoms with Crippen LogP contribution < -0.4 is 0 Å². The van der Waals surface area contributed by atoms with Crippen molar-refractivity contribution in [3.05, 3.63) is 0 Å². The zero-order valence-electron chi connectivity index (χ0n) is 4.22. The summed E-state index contributed by atoms with van der Waals surface area (Å²) < 4.78 is -0.207. The number of halogens is 2. The molecule has 0 radical (unpaired) electrons. The van der Waals surface area contributed by atoms with Gasteiger partial charge in [0.2, 0.25) is 0 Å². The predicted molar refractivity (Wildman–Crippen MR) is 41.3 cm³/mol. The van der Waals surface area contributed by atoms with E-state index in [9.17, 15) is 0 Å². The first-order valence-electron chi connectivity index (χ1n) is 2.24. The molecule has 0 spiro atoms. The average molecular weight is 246 g/mol. The Balaban J connectivity index is 3.17. The lowest BCUT2D eigenvalue weighted by atomic mass is 9.85. The zero-order chi connectivity index (χ0) is 6.57. The zero-order valence-corrected chi connectivity index (χ0v) is 7.39. The standard InChI is InChI=1S/C3H7BBr2O2/c5-2-1-3(6)4(7)8/h3,7-8H,1-2H2. The highest BCUT2D eigenvalue weighted by atomic mass is 79.9. The lowest BCUT2D eigenvalue weighted by Crippen LogP contribution is -2.25. The highest BCUT2D eigenvalue weighted by molar-refractivity contribution is 9.10. The van der Waals surface area contributed by atoms with Gasteiger partial charge in [-0.2, -0.15) is 0 Å². The van der Waals surface area contributed by atoms with Gasteiger partial charge in [0, 0.05) is 5.33 Å². The van der Waals surface area contributed by atoms with Crippen molar-refractivity contribution in [3.8, 4) is 0 Å². The van der Waals surface area contributed by atoms with Crippen molar-refractivity contribution in [1.29, 1.82) is 0 Å². The largest absolute Gasteiger partial charge is 0.466 e. The van der Waals surface area contributed by atoms with Crippen LogP contribution in [-0.2, 0) is 0 Å². The Morgan fingerprint density at radius 1 is 1.50 bits per heavy atom. The summed E-state index contributed by atoms with van der Waals surface area (Å²) in [6.45, 7) is 0. The minimum Gasteiger partial charge on any atom is -0.426 e. The Morgan fingerprint density at radius 2 is 2.00 bits per heavy atom. The lowest BCUT2D eigenvalue weighted by molar-refractivity contribution is 0.402. The molecule has 0 aromatic carbocycles. The Morgan fingerprint density at radius 3 is 2.12 bits per heavy atom. The van der Waals surface area contributed by atoms with Crippen molar-refractivity contribution in [3.63, 3.8) is 0 Å². The van der Waals surface area contributed by atoms with Gasteiger partial charge in [-0.3, -0.25) is 0 Å². The van der Waals surface area contributed by atoms with Crippen molar-refractivity contribution in [2.24, 2.45) is 0 Å². The summed E-state index contributed by atoms with van der Waals surface area (Å²) in [6, 6.07) is 0. The molecule has 0 heterocycles. The van der Waals surface area contributed by atoms with Crippen LogP contribution in [0, 0.1) is 0 Å². The second-order valence-corrected chi connectivity index (χ2v) is 3.38. The van der Waals surface area contributed by atoms with Crippen molar-refractivity contribution in [2.45, 2.75) is 11.1 Å². The van der Waals surface area contributed by atoms with Gasteiger partial charge in [-0.1, -0.05) is 31.9 Å². The molecule has 0 saturated heterocycles. The minimum atomic E-state index is -1.24. The van der Waals surface area contributed by atoms with E-state index < -0.39 is 7.12 Å². The van der Waals surface area contributed by atoms with E-state index in [4.69, 9.17) is 10.0 Å². The van der Waals surface area contributed by atoms with Gasteiger partial charge in [-0.05, 0) is 6.42 Å². The molecule has 0 amide bonds. The van der Waals surface area contributed by atoms with Crippen LogP contribution >= 0.6 is 31.9 Å². The highest BCUT2D eigenvalue weighted by Crippen LogP contribution is 2.07. The fraction of sp³-hybridized carbons (Fsp3) is 1.00. The molecule has 0 rings (SSSR count).